The summed E-state index contributed by atoms with van der Waals surface area (Å²) in [6.45, 7) is 3.06. The van der Waals surface area contributed by atoms with Gasteiger partial charge in [0.05, 0.1) is 5.92 Å². The molecule has 1 spiro atoms. The zero-order valence-corrected chi connectivity index (χ0v) is 12.8. The number of aryl methyl sites for hydroxylation is 1. The first kappa shape index (κ1) is 13.7. The van der Waals surface area contributed by atoms with Gasteiger partial charge in [-0.05, 0) is 53.6 Å². The Hall–Kier alpha value is -1.30. The number of likely N-dealkylation sites (tertiary alicyclic amines) is 1. The summed E-state index contributed by atoms with van der Waals surface area (Å²) in [4.78, 5) is 25.2. The molecule has 2 aliphatic rings. The summed E-state index contributed by atoms with van der Waals surface area (Å²) in [6.07, 6.45) is 2.31. The molecule has 2 fully saturated rings. The fraction of sp³-hybridized carbons (Fsp3) is 0.571. The zero-order valence-electron chi connectivity index (χ0n) is 11.2. The summed E-state index contributed by atoms with van der Waals surface area (Å²) in [6, 6.07) is 1.78. The number of carboxylic acid groups (broad SMARTS) is 1. The van der Waals surface area contributed by atoms with Crippen molar-refractivity contribution in [2.45, 2.75) is 26.2 Å². The van der Waals surface area contributed by atoms with Crippen LogP contribution in [0, 0.1) is 18.3 Å². The molecule has 0 aromatic carbocycles. The predicted octanol–water partition coefficient (Wildman–Crippen LogP) is 2.68. The standard InChI is InChI=1S/C14H16BrNO4/c1-8-6-10(15)20-11(8)12(17)16-4-2-14(3-5-16)7-9(14)13(18)19/h6,9H,2-5,7H2,1H3,(H,18,19). The van der Waals surface area contributed by atoms with Crippen molar-refractivity contribution in [3.8, 4) is 0 Å². The highest BCUT2D eigenvalue weighted by Gasteiger charge is 2.59. The third kappa shape index (κ3) is 2.16. The fourth-order valence-corrected chi connectivity index (χ4v) is 3.71. The number of carboxylic acids is 1. The van der Waals surface area contributed by atoms with E-state index in [1.165, 1.54) is 0 Å². The Bertz CT molecular complexity index is 572. The van der Waals surface area contributed by atoms with Crippen molar-refractivity contribution >= 4 is 27.8 Å². The molecule has 2 heterocycles. The van der Waals surface area contributed by atoms with Crippen LogP contribution in [-0.4, -0.2) is 35.0 Å². The first-order valence-electron chi connectivity index (χ1n) is 6.71. The number of halogens is 1. The van der Waals surface area contributed by atoms with Gasteiger partial charge in [-0.3, -0.25) is 9.59 Å². The first-order valence-corrected chi connectivity index (χ1v) is 7.50. The molecule has 1 unspecified atom stereocenters. The summed E-state index contributed by atoms with van der Waals surface area (Å²) in [5.41, 5.74) is 0.763. The van der Waals surface area contributed by atoms with Crippen LogP contribution in [0.1, 0.15) is 35.4 Å². The summed E-state index contributed by atoms with van der Waals surface area (Å²) >= 11 is 3.22. The molecular weight excluding hydrogens is 326 g/mol. The first-order chi connectivity index (χ1) is 9.43. The maximum absolute atomic E-state index is 12.4. The molecule has 6 heteroatoms. The molecule has 1 aliphatic carbocycles. The maximum Gasteiger partial charge on any atom is 0.307 e. The Kier molecular flexibility index (Phi) is 3.16. The van der Waals surface area contributed by atoms with E-state index in [0.29, 0.717) is 23.5 Å². The van der Waals surface area contributed by atoms with Crippen LogP contribution in [0.5, 0.6) is 0 Å². The van der Waals surface area contributed by atoms with Crippen molar-refractivity contribution in [3.05, 3.63) is 22.1 Å². The minimum Gasteiger partial charge on any atom is -0.481 e. The number of amides is 1. The molecule has 20 heavy (non-hydrogen) atoms. The molecule has 1 aliphatic heterocycles. The number of hydrogen-bond acceptors (Lipinski definition) is 3. The van der Waals surface area contributed by atoms with Crippen molar-refractivity contribution < 1.29 is 19.1 Å². The Balaban J connectivity index is 1.66. The second kappa shape index (κ2) is 4.62. The van der Waals surface area contributed by atoms with Crippen LogP contribution in [0.4, 0.5) is 0 Å². The van der Waals surface area contributed by atoms with E-state index < -0.39 is 5.97 Å². The molecule has 1 saturated heterocycles. The van der Waals surface area contributed by atoms with Crippen LogP contribution in [0.3, 0.4) is 0 Å². The number of aliphatic carboxylic acids is 1. The number of hydrogen-bond donors (Lipinski definition) is 1. The Morgan fingerprint density at radius 2 is 2.10 bits per heavy atom. The molecular formula is C14H16BrNO4. The average molecular weight is 342 g/mol. The van der Waals surface area contributed by atoms with Crippen LogP contribution in [-0.2, 0) is 4.79 Å². The Morgan fingerprint density at radius 3 is 2.55 bits per heavy atom. The minimum absolute atomic E-state index is 0.0542. The molecule has 108 valence electrons. The van der Waals surface area contributed by atoms with Gasteiger partial charge in [0, 0.05) is 18.7 Å². The minimum atomic E-state index is -0.699. The van der Waals surface area contributed by atoms with E-state index in [2.05, 4.69) is 15.9 Å². The van der Waals surface area contributed by atoms with Gasteiger partial charge in [-0.1, -0.05) is 0 Å². The lowest BCUT2D eigenvalue weighted by molar-refractivity contribution is -0.139. The molecule has 1 aromatic heterocycles. The van der Waals surface area contributed by atoms with Gasteiger partial charge in [0.25, 0.3) is 5.91 Å². The van der Waals surface area contributed by atoms with Gasteiger partial charge in [0.1, 0.15) is 0 Å². The molecule has 5 nitrogen and oxygen atoms in total. The van der Waals surface area contributed by atoms with Crippen molar-refractivity contribution in [1.29, 1.82) is 0 Å². The fourth-order valence-electron chi connectivity index (χ4n) is 3.20. The quantitative estimate of drug-likeness (QED) is 0.897. The van der Waals surface area contributed by atoms with Crippen molar-refractivity contribution in [1.82, 2.24) is 4.90 Å². The van der Waals surface area contributed by atoms with Crippen molar-refractivity contribution in [2.24, 2.45) is 11.3 Å². The Morgan fingerprint density at radius 1 is 1.45 bits per heavy atom. The maximum atomic E-state index is 12.4. The number of furan rings is 1. The van der Waals surface area contributed by atoms with Gasteiger partial charge < -0.3 is 14.4 Å². The van der Waals surface area contributed by atoms with E-state index in [4.69, 9.17) is 9.52 Å². The van der Waals surface area contributed by atoms with Crippen molar-refractivity contribution in [3.63, 3.8) is 0 Å². The summed E-state index contributed by atoms with van der Waals surface area (Å²) in [5, 5.41) is 9.06. The third-order valence-corrected chi connectivity index (χ3v) is 5.01. The predicted molar refractivity (Wildman–Crippen MR) is 74.5 cm³/mol. The lowest BCUT2D eigenvalue weighted by Gasteiger charge is -2.32. The van der Waals surface area contributed by atoms with E-state index in [1.54, 1.807) is 11.0 Å². The number of nitrogens with zero attached hydrogens (tertiary/aromatic N) is 1. The molecule has 1 amide bonds. The van der Waals surface area contributed by atoms with E-state index in [0.717, 1.165) is 24.8 Å². The molecule has 0 bridgehead atoms. The van der Waals surface area contributed by atoms with Crippen LogP contribution in [0.25, 0.3) is 0 Å². The van der Waals surface area contributed by atoms with Crippen LogP contribution in [0.15, 0.2) is 15.2 Å². The summed E-state index contributed by atoms with van der Waals surface area (Å²) in [5.74, 6) is -0.635. The van der Waals surface area contributed by atoms with Crippen LogP contribution in [0.2, 0.25) is 0 Å². The number of carbonyl (C=O) groups excluding carboxylic acids is 1. The molecule has 3 rings (SSSR count). The van der Waals surface area contributed by atoms with Crippen LogP contribution < -0.4 is 0 Å². The summed E-state index contributed by atoms with van der Waals surface area (Å²) < 4.78 is 5.94. The Labute approximate surface area is 125 Å². The monoisotopic (exact) mass is 341 g/mol. The highest BCUT2D eigenvalue weighted by Crippen LogP contribution is 2.59. The van der Waals surface area contributed by atoms with Gasteiger partial charge in [0.2, 0.25) is 0 Å². The van der Waals surface area contributed by atoms with Crippen LogP contribution >= 0.6 is 15.9 Å². The molecule has 1 N–H and O–H groups in total. The smallest absolute Gasteiger partial charge is 0.307 e. The SMILES string of the molecule is Cc1cc(Br)oc1C(=O)N1CCC2(CC1)CC2C(=O)O. The average Bonchev–Trinajstić information content (AvgIpc) is 2.99. The van der Waals surface area contributed by atoms with Crippen molar-refractivity contribution in [2.75, 3.05) is 13.1 Å². The lowest BCUT2D eigenvalue weighted by Crippen LogP contribution is -2.40. The molecule has 1 aromatic rings. The largest absolute Gasteiger partial charge is 0.481 e. The second-order valence-electron chi connectivity index (χ2n) is 5.81. The lowest BCUT2D eigenvalue weighted by atomic mass is 9.90. The topological polar surface area (TPSA) is 70.8 Å². The normalized spacial score (nSPS) is 23.9. The molecule has 1 saturated carbocycles. The summed E-state index contributed by atoms with van der Waals surface area (Å²) in [7, 11) is 0. The highest BCUT2D eigenvalue weighted by molar-refractivity contribution is 9.10. The third-order valence-electron chi connectivity index (χ3n) is 4.62. The molecule has 0 radical (unpaired) electrons. The van der Waals surface area contributed by atoms with Gasteiger partial charge >= 0.3 is 5.97 Å². The zero-order chi connectivity index (χ0) is 14.5. The van der Waals surface area contributed by atoms with E-state index in [1.807, 2.05) is 6.92 Å². The van der Waals surface area contributed by atoms with Gasteiger partial charge in [0.15, 0.2) is 10.4 Å². The van der Waals surface area contributed by atoms with Gasteiger partial charge in [-0.2, -0.15) is 0 Å². The number of carbonyl (C=O) groups is 2. The van der Waals surface area contributed by atoms with Gasteiger partial charge in [-0.25, -0.2) is 0 Å². The van der Waals surface area contributed by atoms with Gasteiger partial charge in [-0.15, -0.1) is 0 Å². The number of piperidine rings is 1. The number of rotatable bonds is 2. The van der Waals surface area contributed by atoms with E-state index in [9.17, 15) is 9.59 Å². The molecule has 1 atom stereocenters. The second-order valence-corrected chi connectivity index (χ2v) is 6.59. The van der Waals surface area contributed by atoms with E-state index >= 15 is 0 Å². The van der Waals surface area contributed by atoms with E-state index in [-0.39, 0.29) is 17.2 Å². The highest BCUT2D eigenvalue weighted by atomic mass is 79.9.